The van der Waals surface area contributed by atoms with Crippen molar-refractivity contribution in [1.82, 2.24) is 4.90 Å². The maximum atomic E-state index is 13.0. The van der Waals surface area contributed by atoms with E-state index in [-0.39, 0.29) is 6.61 Å². The van der Waals surface area contributed by atoms with Crippen LogP contribution in [0.5, 0.6) is 5.75 Å². The van der Waals surface area contributed by atoms with Crippen molar-refractivity contribution in [2.24, 2.45) is 0 Å². The van der Waals surface area contributed by atoms with Gasteiger partial charge >= 0.3 is 6.18 Å². The molecule has 1 aliphatic heterocycles. The lowest BCUT2D eigenvalue weighted by Gasteiger charge is -2.37. The van der Waals surface area contributed by atoms with E-state index in [2.05, 4.69) is 42.2 Å². The summed E-state index contributed by atoms with van der Waals surface area (Å²) >= 11 is 0. The highest BCUT2D eigenvalue weighted by molar-refractivity contribution is 5.65. The number of hydrogen-bond donors (Lipinski definition) is 1. The summed E-state index contributed by atoms with van der Waals surface area (Å²) in [4.78, 5) is 4.07. The smallest absolute Gasteiger partial charge is 0.416 e. The molecule has 186 valence electrons. The van der Waals surface area contributed by atoms with Gasteiger partial charge in [0.05, 0.1) is 5.56 Å². The van der Waals surface area contributed by atoms with Crippen LogP contribution in [-0.4, -0.2) is 55.4 Å². The number of anilines is 1. The molecule has 0 bridgehead atoms. The fourth-order valence-electron chi connectivity index (χ4n) is 4.34. The van der Waals surface area contributed by atoms with E-state index >= 15 is 0 Å². The summed E-state index contributed by atoms with van der Waals surface area (Å²) in [5.74, 6) is 0.745. The van der Waals surface area contributed by atoms with Gasteiger partial charge in [0.1, 0.15) is 18.5 Å². The number of halogens is 3. The maximum absolute atomic E-state index is 13.0. The molecule has 1 saturated heterocycles. The number of β-amino-alcohol motifs (C(OH)–C–C–N with tert-alkyl or cyclic N) is 1. The highest BCUT2D eigenvalue weighted by Gasteiger charge is 2.31. The van der Waals surface area contributed by atoms with Crippen LogP contribution < -0.4 is 9.64 Å². The van der Waals surface area contributed by atoms with E-state index in [1.807, 2.05) is 24.0 Å². The summed E-state index contributed by atoms with van der Waals surface area (Å²) < 4.78 is 44.9. The number of aliphatic hydroxyl groups is 1. The summed E-state index contributed by atoms with van der Waals surface area (Å²) in [6, 6.07) is 19.9. The standard InChI is InChI=1S/C28H31F3N2O2/c1-20-6-8-22(9-7-20)23-10-11-27(21(2)16-23)35-19-26(34)18-32-12-14-33(15-13-32)25-5-3-4-24(17-25)28(29,30)31/h3-11,16-17,26,34H,12-15,18-19H2,1-2H3. The maximum Gasteiger partial charge on any atom is 0.416 e. The molecule has 7 heteroatoms. The molecule has 1 heterocycles. The van der Waals surface area contributed by atoms with Crippen LogP contribution in [0.3, 0.4) is 0 Å². The Labute approximate surface area is 204 Å². The molecule has 3 aromatic carbocycles. The Morgan fingerprint density at radius 3 is 2.23 bits per heavy atom. The Hall–Kier alpha value is -3.03. The zero-order valence-electron chi connectivity index (χ0n) is 20.1. The molecule has 0 saturated carbocycles. The van der Waals surface area contributed by atoms with Crippen LogP contribution in [0.4, 0.5) is 18.9 Å². The van der Waals surface area contributed by atoms with Gasteiger partial charge in [-0.1, -0.05) is 42.0 Å². The predicted molar refractivity (Wildman–Crippen MR) is 133 cm³/mol. The number of piperazine rings is 1. The summed E-state index contributed by atoms with van der Waals surface area (Å²) in [5.41, 5.74) is 4.44. The third-order valence-electron chi connectivity index (χ3n) is 6.37. The van der Waals surface area contributed by atoms with Crippen LogP contribution >= 0.6 is 0 Å². The van der Waals surface area contributed by atoms with Crippen molar-refractivity contribution in [3.8, 4) is 16.9 Å². The van der Waals surface area contributed by atoms with E-state index < -0.39 is 17.8 Å². The first-order valence-electron chi connectivity index (χ1n) is 11.8. The van der Waals surface area contributed by atoms with Gasteiger partial charge in [-0.2, -0.15) is 13.2 Å². The van der Waals surface area contributed by atoms with Crippen molar-refractivity contribution in [2.75, 3.05) is 44.2 Å². The number of alkyl halides is 3. The van der Waals surface area contributed by atoms with Crippen LogP contribution in [0.15, 0.2) is 66.7 Å². The van der Waals surface area contributed by atoms with Crippen LogP contribution in [0.25, 0.3) is 11.1 Å². The van der Waals surface area contributed by atoms with Gasteiger partial charge in [0, 0.05) is 38.4 Å². The SMILES string of the molecule is Cc1ccc(-c2ccc(OCC(O)CN3CCN(c4cccc(C(F)(F)F)c4)CC3)c(C)c2)cc1. The monoisotopic (exact) mass is 484 g/mol. The summed E-state index contributed by atoms with van der Waals surface area (Å²) in [7, 11) is 0. The first kappa shape index (κ1) is 25.1. The Morgan fingerprint density at radius 2 is 1.57 bits per heavy atom. The molecule has 4 nitrogen and oxygen atoms in total. The summed E-state index contributed by atoms with van der Waals surface area (Å²) in [6.45, 7) is 7.23. The minimum absolute atomic E-state index is 0.179. The average molecular weight is 485 g/mol. The average Bonchev–Trinajstić information content (AvgIpc) is 2.84. The van der Waals surface area contributed by atoms with Crippen molar-refractivity contribution in [3.05, 3.63) is 83.4 Å². The number of aryl methyl sites for hydroxylation is 2. The van der Waals surface area contributed by atoms with Crippen LogP contribution in [-0.2, 0) is 6.18 Å². The molecule has 1 unspecified atom stereocenters. The zero-order valence-corrected chi connectivity index (χ0v) is 20.1. The van der Waals surface area contributed by atoms with E-state index in [9.17, 15) is 18.3 Å². The number of aliphatic hydroxyl groups excluding tert-OH is 1. The van der Waals surface area contributed by atoms with Gasteiger partial charge in [0.15, 0.2) is 0 Å². The molecule has 1 aliphatic rings. The minimum atomic E-state index is -4.35. The Kier molecular flexibility index (Phi) is 7.67. The number of rotatable bonds is 7. The molecular formula is C28H31F3N2O2. The lowest BCUT2D eigenvalue weighted by atomic mass is 10.0. The fourth-order valence-corrected chi connectivity index (χ4v) is 4.34. The highest BCUT2D eigenvalue weighted by atomic mass is 19.4. The van der Waals surface area contributed by atoms with Crippen molar-refractivity contribution < 1.29 is 23.0 Å². The van der Waals surface area contributed by atoms with E-state index in [1.54, 1.807) is 6.07 Å². The molecule has 4 rings (SSSR count). The molecule has 0 aliphatic carbocycles. The van der Waals surface area contributed by atoms with Crippen LogP contribution in [0, 0.1) is 13.8 Å². The van der Waals surface area contributed by atoms with E-state index in [0.717, 1.165) is 28.5 Å². The first-order chi connectivity index (χ1) is 16.7. The predicted octanol–water partition coefficient (Wildman–Crippen LogP) is 5.55. The van der Waals surface area contributed by atoms with Crippen molar-refractivity contribution in [2.45, 2.75) is 26.1 Å². The molecule has 35 heavy (non-hydrogen) atoms. The summed E-state index contributed by atoms with van der Waals surface area (Å²) in [6.07, 6.45) is -5.01. The molecule has 0 amide bonds. The molecular weight excluding hydrogens is 453 g/mol. The number of nitrogens with zero attached hydrogens (tertiary/aromatic N) is 2. The number of benzene rings is 3. The van der Waals surface area contributed by atoms with E-state index in [0.29, 0.717) is 38.4 Å². The van der Waals surface area contributed by atoms with Crippen LogP contribution in [0.2, 0.25) is 0 Å². The molecule has 0 radical (unpaired) electrons. The van der Waals surface area contributed by atoms with Gasteiger partial charge < -0.3 is 14.7 Å². The molecule has 3 aromatic rings. The van der Waals surface area contributed by atoms with Crippen molar-refractivity contribution >= 4 is 5.69 Å². The minimum Gasteiger partial charge on any atom is -0.491 e. The van der Waals surface area contributed by atoms with E-state index in [4.69, 9.17) is 4.74 Å². The second kappa shape index (κ2) is 10.7. The second-order valence-corrected chi connectivity index (χ2v) is 9.15. The zero-order chi connectivity index (χ0) is 25.0. The van der Waals surface area contributed by atoms with Gasteiger partial charge in [0.2, 0.25) is 0 Å². The number of hydrogen-bond acceptors (Lipinski definition) is 4. The van der Waals surface area contributed by atoms with Gasteiger partial charge in [-0.05, 0) is 60.9 Å². The molecule has 0 aromatic heterocycles. The Balaban J connectivity index is 1.25. The van der Waals surface area contributed by atoms with E-state index in [1.165, 1.54) is 17.7 Å². The number of ether oxygens (including phenoxy) is 1. The lowest BCUT2D eigenvalue weighted by Crippen LogP contribution is -2.49. The molecule has 1 N–H and O–H groups in total. The van der Waals surface area contributed by atoms with Crippen LogP contribution in [0.1, 0.15) is 16.7 Å². The third-order valence-corrected chi connectivity index (χ3v) is 6.37. The molecule has 1 atom stereocenters. The summed E-state index contributed by atoms with van der Waals surface area (Å²) in [5, 5.41) is 10.5. The largest absolute Gasteiger partial charge is 0.491 e. The third kappa shape index (κ3) is 6.55. The molecule has 1 fully saturated rings. The lowest BCUT2D eigenvalue weighted by molar-refractivity contribution is -0.137. The van der Waals surface area contributed by atoms with Gasteiger partial charge in [-0.3, -0.25) is 4.90 Å². The highest BCUT2D eigenvalue weighted by Crippen LogP contribution is 2.32. The van der Waals surface area contributed by atoms with Crippen molar-refractivity contribution in [3.63, 3.8) is 0 Å². The Morgan fingerprint density at radius 1 is 0.886 bits per heavy atom. The van der Waals surface area contributed by atoms with Gasteiger partial charge in [0.25, 0.3) is 0 Å². The normalized spacial score (nSPS) is 15.8. The topological polar surface area (TPSA) is 35.9 Å². The Bertz CT molecular complexity index is 1120. The quantitative estimate of drug-likeness (QED) is 0.477. The second-order valence-electron chi connectivity index (χ2n) is 9.15. The fraction of sp³-hybridized carbons (Fsp3) is 0.357. The van der Waals surface area contributed by atoms with Gasteiger partial charge in [-0.25, -0.2) is 0 Å². The first-order valence-corrected chi connectivity index (χ1v) is 11.8. The van der Waals surface area contributed by atoms with Crippen molar-refractivity contribution in [1.29, 1.82) is 0 Å². The molecule has 0 spiro atoms. The van der Waals surface area contributed by atoms with Gasteiger partial charge in [-0.15, -0.1) is 0 Å².